The SMILES string of the molecule is O=C(Nc1cccc(C(F)(F)F)c1)O[C@@H]1CO[C@H]2[C@@H]1OC[C@@H]2n1nnnc1-c1ccc2c(c1)OCCO2. The zero-order valence-corrected chi connectivity index (χ0v) is 19.1. The maximum Gasteiger partial charge on any atom is 0.416 e. The largest absolute Gasteiger partial charge is 0.486 e. The highest BCUT2D eigenvalue weighted by molar-refractivity contribution is 5.84. The number of anilines is 1. The van der Waals surface area contributed by atoms with Crippen molar-refractivity contribution < 1.29 is 41.7 Å². The van der Waals surface area contributed by atoms with Gasteiger partial charge in [-0.25, -0.2) is 9.48 Å². The highest BCUT2D eigenvalue weighted by Crippen LogP contribution is 2.39. The second kappa shape index (κ2) is 9.19. The monoisotopic (exact) mass is 519 g/mol. The number of carbonyl (C=O) groups excluding carboxylic acids is 1. The molecule has 0 unspecified atom stereocenters. The molecule has 0 spiro atoms. The van der Waals surface area contributed by atoms with Crippen LogP contribution in [0.1, 0.15) is 11.6 Å². The Hall–Kier alpha value is -3.91. The Morgan fingerprint density at radius 3 is 2.68 bits per heavy atom. The zero-order valence-electron chi connectivity index (χ0n) is 19.1. The van der Waals surface area contributed by atoms with E-state index in [1.807, 2.05) is 6.07 Å². The molecule has 37 heavy (non-hydrogen) atoms. The maximum absolute atomic E-state index is 12.9. The molecule has 194 valence electrons. The number of ether oxygens (including phenoxy) is 5. The lowest BCUT2D eigenvalue weighted by molar-refractivity contribution is -0.137. The molecule has 2 fully saturated rings. The summed E-state index contributed by atoms with van der Waals surface area (Å²) in [5.41, 5.74) is -0.214. The molecule has 0 bridgehead atoms. The van der Waals surface area contributed by atoms with Crippen molar-refractivity contribution in [2.45, 2.75) is 30.5 Å². The van der Waals surface area contributed by atoms with E-state index in [1.165, 1.54) is 12.1 Å². The number of fused-ring (bicyclic) bond motifs is 2. The van der Waals surface area contributed by atoms with Gasteiger partial charge in [0.05, 0.1) is 18.8 Å². The number of benzene rings is 2. The van der Waals surface area contributed by atoms with Crippen molar-refractivity contribution in [3.63, 3.8) is 0 Å². The molecule has 0 aliphatic carbocycles. The van der Waals surface area contributed by atoms with Crippen LogP contribution in [0.2, 0.25) is 0 Å². The summed E-state index contributed by atoms with van der Waals surface area (Å²) >= 11 is 0. The first-order chi connectivity index (χ1) is 17.9. The topological polar surface area (TPSA) is 119 Å². The minimum Gasteiger partial charge on any atom is -0.486 e. The number of tetrazole rings is 1. The molecule has 6 rings (SSSR count). The van der Waals surface area contributed by atoms with Crippen LogP contribution in [0.5, 0.6) is 11.5 Å². The molecule has 11 nitrogen and oxygen atoms in total. The van der Waals surface area contributed by atoms with Gasteiger partial charge in [0.2, 0.25) is 0 Å². The van der Waals surface area contributed by atoms with E-state index < -0.39 is 42.2 Å². The first kappa shape index (κ1) is 23.5. The summed E-state index contributed by atoms with van der Waals surface area (Å²) in [6.07, 6.45) is -7.33. The summed E-state index contributed by atoms with van der Waals surface area (Å²) < 4.78 is 68.8. The van der Waals surface area contributed by atoms with Crippen molar-refractivity contribution in [3.05, 3.63) is 48.0 Å². The van der Waals surface area contributed by atoms with Crippen molar-refractivity contribution in [3.8, 4) is 22.9 Å². The first-order valence-corrected chi connectivity index (χ1v) is 11.4. The van der Waals surface area contributed by atoms with E-state index in [1.54, 1.807) is 16.8 Å². The van der Waals surface area contributed by atoms with Crippen LogP contribution < -0.4 is 14.8 Å². The molecule has 4 atom stereocenters. The number of carbonyl (C=O) groups is 1. The van der Waals surface area contributed by atoms with Gasteiger partial charge in [0.25, 0.3) is 0 Å². The van der Waals surface area contributed by atoms with Crippen LogP contribution in [0.4, 0.5) is 23.7 Å². The van der Waals surface area contributed by atoms with E-state index in [9.17, 15) is 18.0 Å². The third-order valence-electron chi connectivity index (χ3n) is 6.28. The van der Waals surface area contributed by atoms with E-state index in [4.69, 9.17) is 23.7 Å². The zero-order chi connectivity index (χ0) is 25.6. The molecule has 3 aromatic rings. The van der Waals surface area contributed by atoms with Crippen LogP contribution >= 0.6 is 0 Å². The molecule has 3 aliphatic rings. The molecule has 14 heteroatoms. The van der Waals surface area contributed by atoms with Crippen molar-refractivity contribution in [2.24, 2.45) is 0 Å². The molecule has 1 amide bonds. The summed E-state index contributed by atoms with van der Waals surface area (Å²) in [4.78, 5) is 12.4. The van der Waals surface area contributed by atoms with Gasteiger partial charge in [0.1, 0.15) is 31.5 Å². The van der Waals surface area contributed by atoms with E-state index in [0.29, 0.717) is 36.1 Å². The van der Waals surface area contributed by atoms with Crippen molar-refractivity contribution >= 4 is 11.8 Å². The Labute approximate surface area is 207 Å². The smallest absolute Gasteiger partial charge is 0.416 e. The van der Waals surface area contributed by atoms with Crippen LogP contribution in [0.25, 0.3) is 11.4 Å². The minimum absolute atomic E-state index is 0.0433. The number of aromatic nitrogens is 4. The first-order valence-electron chi connectivity index (χ1n) is 11.4. The molecular weight excluding hydrogens is 499 g/mol. The lowest BCUT2D eigenvalue weighted by Crippen LogP contribution is -2.35. The lowest BCUT2D eigenvalue weighted by atomic mass is 10.1. The van der Waals surface area contributed by atoms with Crippen LogP contribution in [0.15, 0.2) is 42.5 Å². The third-order valence-corrected chi connectivity index (χ3v) is 6.28. The second-order valence-corrected chi connectivity index (χ2v) is 8.62. The summed E-state index contributed by atoms with van der Waals surface area (Å²) in [5, 5.41) is 14.4. The summed E-state index contributed by atoms with van der Waals surface area (Å²) in [6, 6.07) is 9.28. The van der Waals surface area contributed by atoms with Gasteiger partial charge in [0, 0.05) is 11.3 Å². The van der Waals surface area contributed by atoms with Gasteiger partial charge >= 0.3 is 12.3 Å². The average molecular weight is 519 g/mol. The number of nitrogens with one attached hydrogen (secondary N) is 1. The number of hydrogen-bond donors (Lipinski definition) is 1. The number of nitrogens with zero attached hydrogens (tertiary/aromatic N) is 4. The van der Waals surface area contributed by atoms with Crippen molar-refractivity contribution in [2.75, 3.05) is 31.7 Å². The maximum atomic E-state index is 12.9. The fourth-order valence-electron chi connectivity index (χ4n) is 4.60. The molecule has 2 saturated heterocycles. The van der Waals surface area contributed by atoms with E-state index in [-0.39, 0.29) is 18.9 Å². The van der Waals surface area contributed by atoms with Crippen LogP contribution in [-0.2, 0) is 20.4 Å². The number of alkyl halides is 3. The lowest BCUT2D eigenvalue weighted by Gasteiger charge is -2.20. The summed E-state index contributed by atoms with van der Waals surface area (Å²) in [7, 11) is 0. The molecule has 0 saturated carbocycles. The van der Waals surface area contributed by atoms with E-state index in [2.05, 4.69) is 20.8 Å². The van der Waals surface area contributed by atoms with Crippen molar-refractivity contribution in [1.29, 1.82) is 0 Å². The van der Waals surface area contributed by atoms with Gasteiger partial charge in [-0.15, -0.1) is 5.10 Å². The van der Waals surface area contributed by atoms with Crippen LogP contribution in [0, 0.1) is 0 Å². The minimum atomic E-state index is -4.53. The average Bonchev–Trinajstić information content (AvgIpc) is 3.61. The van der Waals surface area contributed by atoms with Gasteiger partial charge in [-0.05, 0) is 46.8 Å². The normalized spacial score (nSPS) is 24.5. The number of halogens is 3. The van der Waals surface area contributed by atoms with E-state index >= 15 is 0 Å². The van der Waals surface area contributed by atoms with E-state index in [0.717, 1.165) is 12.1 Å². The van der Waals surface area contributed by atoms with Crippen molar-refractivity contribution in [1.82, 2.24) is 20.2 Å². The highest BCUT2D eigenvalue weighted by atomic mass is 19.4. The molecule has 0 radical (unpaired) electrons. The predicted octanol–water partition coefficient (Wildman–Crippen LogP) is 3.09. The second-order valence-electron chi connectivity index (χ2n) is 8.62. The molecule has 1 N–H and O–H groups in total. The van der Waals surface area contributed by atoms with Gasteiger partial charge in [-0.3, -0.25) is 5.32 Å². The summed E-state index contributed by atoms with van der Waals surface area (Å²) in [5.74, 6) is 1.71. The standard InChI is InChI=1S/C23H20F3N5O6/c24-23(25,26)13-2-1-3-14(9-13)27-22(32)37-18-11-36-19-15(10-35-20(18)19)31-21(28-29-30-31)12-4-5-16-17(8-12)34-7-6-33-16/h1-5,8-9,15,18-20H,6-7,10-11H2,(H,27,32)/t15-,18+,19+,20+/m0/s1. The molecule has 3 aliphatic heterocycles. The number of hydrogen-bond acceptors (Lipinski definition) is 9. The van der Waals surface area contributed by atoms with Gasteiger partial charge in [-0.1, -0.05) is 6.07 Å². The third kappa shape index (κ3) is 4.53. The highest BCUT2D eigenvalue weighted by Gasteiger charge is 2.51. The Kier molecular flexibility index (Phi) is 5.83. The Morgan fingerprint density at radius 2 is 1.84 bits per heavy atom. The molecule has 4 heterocycles. The molecular formula is C23H20F3N5O6. The van der Waals surface area contributed by atoms with Crippen LogP contribution in [0.3, 0.4) is 0 Å². The Morgan fingerprint density at radius 1 is 1.03 bits per heavy atom. The fourth-order valence-corrected chi connectivity index (χ4v) is 4.60. The van der Waals surface area contributed by atoms with Crippen LogP contribution in [-0.4, -0.2) is 71.0 Å². The molecule has 1 aromatic heterocycles. The fraction of sp³-hybridized carbons (Fsp3) is 0.391. The summed E-state index contributed by atoms with van der Waals surface area (Å²) in [6.45, 7) is 1.17. The number of amides is 1. The quantitative estimate of drug-likeness (QED) is 0.555. The Bertz CT molecular complexity index is 1320. The Balaban J connectivity index is 1.13. The molecule has 2 aromatic carbocycles. The number of rotatable bonds is 4. The van der Waals surface area contributed by atoms with Gasteiger partial charge < -0.3 is 23.7 Å². The van der Waals surface area contributed by atoms with Gasteiger partial charge in [0.15, 0.2) is 23.4 Å². The predicted molar refractivity (Wildman–Crippen MR) is 118 cm³/mol. The van der Waals surface area contributed by atoms with Gasteiger partial charge in [-0.2, -0.15) is 13.2 Å².